The molecule has 17 atom stereocenters. The van der Waals surface area contributed by atoms with Gasteiger partial charge in [0, 0.05) is 6.42 Å². The maximum Gasteiger partial charge on any atom is 0.220 e. The number of amides is 1. The van der Waals surface area contributed by atoms with Crippen molar-refractivity contribution in [2.75, 3.05) is 26.4 Å². The summed E-state index contributed by atoms with van der Waals surface area (Å²) >= 11 is 0. The Morgan fingerprint density at radius 2 is 0.704 bits per heavy atom. The number of ether oxygens (including phenoxy) is 6. The highest BCUT2D eigenvalue weighted by molar-refractivity contribution is 5.76. The Bertz CT molecular complexity index is 2100. The van der Waals surface area contributed by atoms with Gasteiger partial charge < -0.3 is 89.9 Å². The number of carbonyl (C=O) groups is 1. The van der Waals surface area contributed by atoms with Crippen LogP contribution in [0.5, 0.6) is 0 Å². The lowest BCUT2D eigenvalue weighted by Crippen LogP contribution is -2.66. The van der Waals surface area contributed by atoms with Crippen LogP contribution in [-0.4, -0.2) is 193 Å². The van der Waals surface area contributed by atoms with Crippen LogP contribution in [0.3, 0.4) is 0 Å². The van der Waals surface area contributed by atoms with Gasteiger partial charge in [0.05, 0.1) is 38.6 Å². The predicted octanol–water partition coefficient (Wildman–Crippen LogP) is 12.2. The van der Waals surface area contributed by atoms with Crippen LogP contribution in [0.4, 0.5) is 0 Å². The third kappa shape index (κ3) is 39.6. The number of nitrogens with one attached hydrogen (secondary N) is 1. The van der Waals surface area contributed by atoms with E-state index in [1.54, 1.807) is 6.08 Å². The molecule has 3 fully saturated rings. The number of aliphatic hydroxyl groups is 11. The van der Waals surface area contributed by atoms with Crippen LogP contribution in [0.1, 0.15) is 277 Å². The summed E-state index contributed by atoms with van der Waals surface area (Å²) in [5.41, 5.74) is 0. The van der Waals surface area contributed by atoms with E-state index in [4.69, 9.17) is 28.4 Å². The van der Waals surface area contributed by atoms with Gasteiger partial charge in [-0.05, 0) is 70.6 Å². The maximum atomic E-state index is 13.4. The fourth-order valence-corrected chi connectivity index (χ4v) is 12.7. The number of rotatable bonds is 60. The molecule has 568 valence electrons. The summed E-state index contributed by atoms with van der Waals surface area (Å²) in [6.07, 6.45) is 51.7. The minimum Gasteiger partial charge on any atom is -0.394 e. The van der Waals surface area contributed by atoms with Gasteiger partial charge in [0.15, 0.2) is 18.9 Å². The number of allylic oxidation sites excluding steroid dienone is 13. The van der Waals surface area contributed by atoms with Crippen molar-refractivity contribution in [2.45, 2.75) is 381 Å². The van der Waals surface area contributed by atoms with Crippen molar-refractivity contribution in [3.63, 3.8) is 0 Å². The van der Waals surface area contributed by atoms with Gasteiger partial charge in [-0.1, -0.05) is 285 Å². The molecule has 3 saturated heterocycles. The summed E-state index contributed by atoms with van der Waals surface area (Å²) in [6, 6.07) is -0.973. The highest BCUT2D eigenvalue weighted by Crippen LogP contribution is 2.33. The molecule has 3 aliphatic rings. The van der Waals surface area contributed by atoms with E-state index in [2.05, 4.69) is 92.1 Å². The van der Waals surface area contributed by atoms with Crippen molar-refractivity contribution >= 4 is 5.91 Å². The van der Waals surface area contributed by atoms with Crippen LogP contribution in [0.25, 0.3) is 0 Å². The second kappa shape index (κ2) is 59.4. The second-order valence-corrected chi connectivity index (χ2v) is 27.4. The molecule has 3 aliphatic heterocycles. The standard InChI is InChI=1S/C79H139NO18/c1-3-5-7-9-11-13-15-17-18-19-20-21-22-23-24-25-26-27-28-29-30-31-32-33-34-35-36-37-38-39-40-41-42-43-44-45-47-49-51-53-55-57-67(85)80-62(63(84)56-54-52-50-48-46-16-14-12-10-8-6-4-2)61-93-77-73(91)70(88)75(65(59-82)95-77)98-79-74(92)71(89)76(66(60-83)96-79)97-78-72(90)69(87)68(86)64(58-81)94-78/h5,7,11,13,17-18,20-21,23-24,26-27,54,56,62-66,68-79,81-84,86-92H,3-4,6,8-10,12,14-16,19,22,25,28-53,55,57-61H2,1-2H3,(H,80,85)/b7-5-,13-11-,18-17-,21-20-,24-23-,27-26-,56-54+. The molecular formula is C79H139NO18. The summed E-state index contributed by atoms with van der Waals surface area (Å²) in [4.78, 5) is 13.4. The van der Waals surface area contributed by atoms with E-state index in [9.17, 15) is 61.0 Å². The lowest BCUT2D eigenvalue weighted by atomic mass is 9.96. The first-order valence-corrected chi connectivity index (χ1v) is 38.8. The molecule has 0 spiro atoms. The summed E-state index contributed by atoms with van der Waals surface area (Å²) in [5, 5.41) is 120. The zero-order valence-corrected chi connectivity index (χ0v) is 60.5. The Balaban J connectivity index is 1.27. The normalized spacial score (nSPS) is 27.2. The Hall–Kier alpha value is -3.03. The van der Waals surface area contributed by atoms with Gasteiger partial charge in [-0.15, -0.1) is 0 Å². The molecule has 12 N–H and O–H groups in total. The summed E-state index contributed by atoms with van der Waals surface area (Å²) < 4.78 is 34.3. The average Bonchev–Trinajstić information content (AvgIpc) is 0.785. The van der Waals surface area contributed by atoms with Gasteiger partial charge in [0.2, 0.25) is 5.91 Å². The number of hydrogen-bond acceptors (Lipinski definition) is 18. The first-order valence-electron chi connectivity index (χ1n) is 38.8. The van der Waals surface area contributed by atoms with Crippen LogP contribution in [0.2, 0.25) is 0 Å². The third-order valence-electron chi connectivity index (χ3n) is 18.9. The molecule has 0 radical (unpaired) electrons. The Morgan fingerprint density at radius 3 is 1.10 bits per heavy atom. The van der Waals surface area contributed by atoms with Gasteiger partial charge in [-0.25, -0.2) is 0 Å². The van der Waals surface area contributed by atoms with Crippen molar-refractivity contribution < 1.29 is 89.4 Å². The number of hydrogen-bond donors (Lipinski definition) is 12. The number of unbranched alkanes of at least 4 members (excludes halogenated alkanes) is 32. The van der Waals surface area contributed by atoms with E-state index in [-0.39, 0.29) is 18.9 Å². The highest BCUT2D eigenvalue weighted by atomic mass is 16.8. The largest absolute Gasteiger partial charge is 0.394 e. The molecule has 0 saturated carbocycles. The second-order valence-electron chi connectivity index (χ2n) is 27.4. The molecule has 3 heterocycles. The average molecular weight is 1390 g/mol. The van der Waals surface area contributed by atoms with Gasteiger partial charge >= 0.3 is 0 Å². The van der Waals surface area contributed by atoms with Crippen LogP contribution in [-0.2, 0) is 33.2 Å². The molecule has 0 aliphatic carbocycles. The van der Waals surface area contributed by atoms with Gasteiger partial charge in [0.1, 0.15) is 73.2 Å². The van der Waals surface area contributed by atoms with Gasteiger partial charge in [0.25, 0.3) is 0 Å². The van der Waals surface area contributed by atoms with E-state index in [0.717, 1.165) is 83.5 Å². The van der Waals surface area contributed by atoms with Crippen molar-refractivity contribution in [3.05, 3.63) is 85.1 Å². The quantitative estimate of drug-likeness (QED) is 0.0199. The molecule has 0 aromatic carbocycles. The van der Waals surface area contributed by atoms with Crippen molar-refractivity contribution in [1.29, 1.82) is 0 Å². The van der Waals surface area contributed by atoms with Gasteiger partial charge in [-0.3, -0.25) is 4.79 Å². The smallest absolute Gasteiger partial charge is 0.220 e. The SMILES string of the molecule is CC/C=C\C/C=C\C/C=C\C/C=C\C/C=C\C/C=C\CCCCCCCCCCCCCCCCCCCCCCCCC(=O)NC(COC1OC(CO)C(OC2OC(CO)C(OC3OC(CO)C(O)C(O)C3O)C(O)C2O)C(O)C1O)C(O)/C=C/CCCCCCCCCCCC. The highest BCUT2D eigenvalue weighted by Gasteiger charge is 2.53. The fraction of sp³-hybridized carbons (Fsp3) is 0.810. The summed E-state index contributed by atoms with van der Waals surface area (Å²) in [5.74, 6) is -0.274. The first-order chi connectivity index (χ1) is 47.8. The summed E-state index contributed by atoms with van der Waals surface area (Å²) in [7, 11) is 0. The predicted molar refractivity (Wildman–Crippen MR) is 388 cm³/mol. The van der Waals surface area contributed by atoms with Crippen molar-refractivity contribution in [2.24, 2.45) is 0 Å². The van der Waals surface area contributed by atoms with Crippen molar-refractivity contribution in [3.8, 4) is 0 Å². The van der Waals surface area contributed by atoms with Crippen LogP contribution < -0.4 is 5.32 Å². The Morgan fingerprint density at radius 1 is 0.378 bits per heavy atom. The van der Waals surface area contributed by atoms with Crippen LogP contribution >= 0.6 is 0 Å². The minimum absolute atomic E-state index is 0.244. The lowest BCUT2D eigenvalue weighted by molar-refractivity contribution is -0.379. The third-order valence-corrected chi connectivity index (χ3v) is 18.9. The van der Waals surface area contributed by atoms with E-state index < -0.39 is 124 Å². The maximum absolute atomic E-state index is 13.4. The molecule has 17 unspecified atom stereocenters. The lowest BCUT2D eigenvalue weighted by Gasteiger charge is -2.48. The zero-order valence-electron chi connectivity index (χ0n) is 60.5. The fourth-order valence-electron chi connectivity index (χ4n) is 12.7. The topological polar surface area (TPSA) is 307 Å². The monoisotopic (exact) mass is 1390 g/mol. The molecule has 1 amide bonds. The van der Waals surface area contributed by atoms with E-state index >= 15 is 0 Å². The zero-order chi connectivity index (χ0) is 71.1. The molecule has 3 rings (SSSR count). The van der Waals surface area contributed by atoms with E-state index in [1.165, 1.54) is 167 Å². The molecule has 98 heavy (non-hydrogen) atoms. The Labute approximate surface area is 590 Å². The molecule has 0 bridgehead atoms. The number of carbonyl (C=O) groups excluding carboxylic acids is 1. The molecule has 0 aromatic heterocycles. The first kappa shape index (κ1) is 89.2. The van der Waals surface area contributed by atoms with Crippen LogP contribution in [0.15, 0.2) is 85.1 Å². The molecule has 19 heteroatoms. The number of aliphatic hydroxyl groups excluding tert-OH is 11. The van der Waals surface area contributed by atoms with Gasteiger partial charge in [-0.2, -0.15) is 0 Å². The van der Waals surface area contributed by atoms with E-state index in [1.807, 2.05) is 6.08 Å². The molecule has 19 nitrogen and oxygen atoms in total. The molecule has 0 aromatic rings. The molecular weight excluding hydrogens is 1250 g/mol. The Kier molecular flexibility index (Phi) is 54.0. The minimum atomic E-state index is -1.98. The summed E-state index contributed by atoms with van der Waals surface area (Å²) in [6.45, 7) is 1.61. The van der Waals surface area contributed by atoms with Crippen molar-refractivity contribution in [1.82, 2.24) is 5.32 Å². The van der Waals surface area contributed by atoms with Crippen LogP contribution in [0, 0.1) is 0 Å². The van der Waals surface area contributed by atoms with E-state index in [0.29, 0.717) is 6.42 Å².